The van der Waals surface area contributed by atoms with Crippen LogP contribution in [0.1, 0.15) is 26.2 Å². The normalized spacial score (nSPS) is 16.4. The minimum Gasteiger partial charge on any atom is -0.497 e. The van der Waals surface area contributed by atoms with Gasteiger partial charge in [-0.1, -0.05) is 6.92 Å². The van der Waals surface area contributed by atoms with Crippen molar-refractivity contribution < 1.29 is 18.7 Å². The number of halogens is 1. The molecule has 0 aliphatic carbocycles. The van der Waals surface area contributed by atoms with Crippen LogP contribution in [-0.2, 0) is 9.53 Å². The van der Waals surface area contributed by atoms with E-state index in [9.17, 15) is 9.18 Å². The van der Waals surface area contributed by atoms with Gasteiger partial charge in [0, 0.05) is 29.8 Å². The topological polar surface area (TPSA) is 63.7 Å². The highest BCUT2D eigenvalue weighted by Gasteiger charge is 2.29. The van der Waals surface area contributed by atoms with E-state index in [2.05, 4.69) is 5.32 Å². The molecular formula is C25H28FN3O3S. The molecule has 8 heteroatoms. The number of nitrogens with one attached hydrogen (secondary N) is 1. The van der Waals surface area contributed by atoms with Gasteiger partial charge in [-0.25, -0.2) is 9.37 Å². The third kappa shape index (κ3) is 5.51. The molecule has 33 heavy (non-hydrogen) atoms. The van der Waals surface area contributed by atoms with Crippen LogP contribution in [0.15, 0.2) is 53.9 Å². The van der Waals surface area contributed by atoms with E-state index < -0.39 is 6.04 Å². The van der Waals surface area contributed by atoms with Gasteiger partial charge in [0.25, 0.3) is 0 Å². The number of amides is 1. The van der Waals surface area contributed by atoms with Crippen molar-refractivity contribution in [3.8, 4) is 17.0 Å². The molecule has 1 N–H and O–H groups in total. The molecule has 1 aliphatic heterocycles. The summed E-state index contributed by atoms with van der Waals surface area (Å²) < 4.78 is 24.3. The summed E-state index contributed by atoms with van der Waals surface area (Å²) in [6, 6.07) is 13.4. The lowest BCUT2D eigenvalue weighted by molar-refractivity contribution is -0.122. The quantitative estimate of drug-likeness (QED) is 0.468. The summed E-state index contributed by atoms with van der Waals surface area (Å²) >= 11 is 1.45. The van der Waals surface area contributed by atoms with Gasteiger partial charge < -0.3 is 19.7 Å². The number of hydrogen-bond acceptors (Lipinski definition) is 6. The van der Waals surface area contributed by atoms with E-state index in [1.807, 2.05) is 41.5 Å². The first-order chi connectivity index (χ1) is 16.1. The Morgan fingerprint density at radius 1 is 1.27 bits per heavy atom. The third-order valence-corrected chi connectivity index (χ3v) is 6.56. The summed E-state index contributed by atoms with van der Waals surface area (Å²) in [5.74, 6) is 0.381. The van der Waals surface area contributed by atoms with Crippen LogP contribution in [0, 0.1) is 5.82 Å². The summed E-state index contributed by atoms with van der Waals surface area (Å²) in [6.07, 6.45) is 2.66. The van der Waals surface area contributed by atoms with Gasteiger partial charge in [-0.15, -0.1) is 11.3 Å². The maximum atomic E-state index is 13.4. The predicted molar refractivity (Wildman–Crippen MR) is 129 cm³/mol. The molecule has 3 aromatic rings. The maximum absolute atomic E-state index is 13.4. The lowest BCUT2D eigenvalue weighted by atomic mass is 10.1. The number of benzene rings is 2. The number of nitrogens with zero attached hydrogens (tertiary/aromatic N) is 2. The number of aromatic nitrogens is 1. The zero-order chi connectivity index (χ0) is 23.2. The van der Waals surface area contributed by atoms with Crippen LogP contribution in [0.3, 0.4) is 0 Å². The fourth-order valence-electron chi connectivity index (χ4n) is 3.92. The maximum Gasteiger partial charge on any atom is 0.243 e. The van der Waals surface area contributed by atoms with E-state index in [4.69, 9.17) is 14.5 Å². The molecule has 6 nitrogen and oxygen atoms in total. The van der Waals surface area contributed by atoms with Crippen LogP contribution < -0.4 is 15.0 Å². The van der Waals surface area contributed by atoms with Crippen molar-refractivity contribution in [3.63, 3.8) is 0 Å². The SMILES string of the molecule is CC[C@@H](C(=O)NC[C@@H]1CCCO1)N(c1ccc(OC)cc1)c1nc(-c2ccc(F)cc2)cs1. The number of thiazole rings is 1. The standard InChI is InChI=1S/C25H28FN3O3S/c1-3-23(24(30)27-15-21-5-4-14-32-21)29(19-10-12-20(31-2)13-11-19)25-28-22(16-33-25)17-6-8-18(26)9-7-17/h6-13,16,21,23H,3-5,14-15H2,1-2H3,(H,27,30)/t21-,23-/m0/s1. The van der Waals surface area contributed by atoms with Crippen molar-refractivity contribution in [2.24, 2.45) is 0 Å². The summed E-state index contributed by atoms with van der Waals surface area (Å²) in [6.45, 7) is 3.24. The Balaban J connectivity index is 1.63. The highest BCUT2D eigenvalue weighted by molar-refractivity contribution is 7.14. The van der Waals surface area contributed by atoms with Crippen LogP contribution in [0.2, 0.25) is 0 Å². The van der Waals surface area contributed by atoms with Gasteiger partial charge in [0.15, 0.2) is 5.13 Å². The fraction of sp³-hybridized carbons (Fsp3) is 0.360. The molecule has 2 heterocycles. The summed E-state index contributed by atoms with van der Waals surface area (Å²) in [4.78, 5) is 20.0. The van der Waals surface area contributed by atoms with Gasteiger partial charge >= 0.3 is 0 Å². The number of methoxy groups -OCH3 is 1. The number of anilines is 2. The van der Waals surface area contributed by atoms with Gasteiger partial charge in [-0.05, 0) is 67.8 Å². The van der Waals surface area contributed by atoms with E-state index >= 15 is 0 Å². The number of carbonyl (C=O) groups excluding carboxylic acids is 1. The molecule has 1 aromatic heterocycles. The first-order valence-electron chi connectivity index (χ1n) is 11.1. The van der Waals surface area contributed by atoms with Crippen LogP contribution in [0.5, 0.6) is 5.75 Å². The van der Waals surface area contributed by atoms with Crippen molar-refractivity contribution in [1.82, 2.24) is 10.3 Å². The minimum absolute atomic E-state index is 0.0673. The molecule has 2 atom stereocenters. The van der Waals surface area contributed by atoms with E-state index in [-0.39, 0.29) is 17.8 Å². The molecule has 4 rings (SSSR count). The zero-order valence-electron chi connectivity index (χ0n) is 18.8. The van der Waals surface area contributed by atoms with Crippen molar-refractivity contribution >= 4 is 28.1 Å². The minimum atomic E-state index is -0.452. The van der Waals surface area contributed by atoms with E-state index in [1.54, 1.807) is 19.2 Å². The first kappa shape index (κ1) is 23.2. The van der Waals surface area contributed by atoms with Crippen LogP contribution in [0.4, 0.5) is 15.2 Å². The monoisotopic (exact) mass is 469 g/mol. The zero-order valence-corrected chi connectivity index (χ0v) is 19.6. The van der Waals surface area contributed by atoms with Crippen LogP contribution >= 0.6 is 11.3 Å². The fourth-order valence-corrected chi connectivity index (χ4v) is 4.82. The molecule has 0 unspecified atom stereocenters. The second-order valence-corrected chi connectivity index (χ2v) is 8.73. The van der Waals surface area contributed by atoms with Crippen molar-refractivity contribution in [2.45, 2.75) is 38.3 Å². The summed E-state index contributed by atoms with van der Waals surface area (Å²) in [5.41, 5.74) is 2.41. The van der Waals surface area contributed by atoms with Gasteiger partial charge in [0.2, 0.25) is 5.91 Å². The molecule has 0 saturated carbocycles. The Hall–Kier alpha value is -2.97. The largest absolute Gasteiger partial charge is 0.497 e. The number of carbonyl (C=O) groups is 1. The van der Waals surface area contributed by atoms with Crippen molar-refractivity contribution in [3.05, 3.63) is 59.7 Å². The van der Waals surface area contributed by atoms with Gasteiger partial charge in [0.1, 0.15) is 17.6 Å². The second-order valence-electron chi connectivity index (χ2n) is 7.89. The first-order valence-corrected chi connectivity index (χ1v) is 12.0. The molecule has 1 fully saturated rings. The summed E-state index contributed by atoms with van der Waals surface area (Å²) in [5, 5.41) is 5.69. The molecular weight excluding hydrogens is 441 g/mol. The van der Waals surface area contributed by atoms with Gasteiger partial charge in [-0.3, -0.25) is 4.79 Å². The van der Waals surface area contributed by atoms with Gasteiger partial charge in [0.05, 0.1) is 18.9 Å². The van der Waals surface area contributed by atoms with E-state index in [1.165, 1.54) is 23.5 Å². The average molecular weight is 470 g/mol. The number of ether oxygens (including phenoxy) is 2. The van der Waals surface area contributed by atoms with E-state index in [0.29, 0.717) is 18.1 Å². The Labute approximate surface area is 197 Å². The molecule has 0 bridgehead atoms. The number of rotatable bonds is 9. The lowest BCUT2D eigenvalue weighted by Crippen LogP contribution is -2.46. The van der Waals surface area contributed by atoms with Gasteiger partial charge in [-0.2, -0.15) is 0 Å². The Morgan fingerprint density at radius 3 is 2.67 bits per heavy atom. The second kappa shape index (κ2) is 10.8. The molecule has 2 aromatic carbocycles. The molecule has 1 amide bonds. The van der Waals surface area contributed by atoms with Crippen LogP contribution in [-0.4, -0.2) is 43.3 Å². The predicted octanol–water partition coefficient (Wildman–Crippen LogP) is 5.17. The molecule has 0 radical (unpaired) electrons. The van der Waals surface area contributed by atoms with Crippen molar-refractivity contribution in [1.29, 1.82) is 0 Å². The number of hydrogen-bond donors (Lipinski definition) is 1. The Bertz CT molecular complexity index is 1050. The molecule has 1 aliphatic rings. The lowest BCUT2D eigenvalue weighted by Gasteiger charge is -2.30. The smallest absolute Gasteiger partial charge is 0.243 e. The highest BCUT2D eigenvalue weighted by Crippen LogP contribution is 2.35. The van der Waals surface area contributed by atoms with Crippen molar-refractivity contribution in [2.75, 3.05) is 25.2 Å². The average Bonchev–Trinajstić information content (AvgIpc) is 3.54. The molecule has 1 saturated heterocycles. The Morgan fingerprint density at radius 2 is 2.03 bits per heavy atom. The molecule has 174 valence electrons. The van der Waals surface area contributed by atoms with E-state index in [0.717, 1.165) is 42.1 Å². The Kier molecular flexibility index (Phi) is 7.57. The third-order valence-electron chi connectivity index (χ3n) is 5.72. The van der Waals surface area contributed by atoms with Crippen LogP contribution in [0.25, 0.3) is 11.3 Å². The summed E-state index contributed by atoms with van der Waals surface area (Å²) in [7, 11) is 1.62. The highest BCUT2D eigenvalue weighted by atomic mass is 32.1. The molecule has 0 spiro atoms.